The molecule has 5 atom stereocenters. The normalized spacial score (nSPS) is 14.4. The SMILES string of the molecule is CC/C=C\C/C=C\C/C=C\C/C=C\C/C=C\CCCCCCCCCCCCCCCCCCCCCC(=O)OCC(O)COP(=O)(O)OCC(O)COP(=O)(O)OCC(COC(=O)CCCCCCCCC/C=C\C/C=C\C/C=C\C/C=C\CCCCC)OC(=O)CCCCCCCCCCCCCCC. The van der Waals surface area contributed by atoms with Gasteiger partial charge in [0.05, 0.1) is 26.4 Å². The number of esters is 3. The number of hydrogen-bond acceptors (Lipinski definition) is 14. The molecule has 0 saturated carbocycles. The Morgan fingerprint density at radius 3 is 0.804 bits per heavy atom. The molecule has 107 heavy (non-hydrogen) atoms. The van der Waals surface area contributed by atoms with Crippen molar-refractivity contribution < 1.29 is 75.8 Å². The van der Waals surface area contributed by atoms with Crippen molar-refractivity contribution in [2.75, 3.05) is 39.6 Å². The van der Waals surface area contributed by atoms with Crippen LogP contribution in [0.25, 0.3) is 0 Å². The van der Waals surface area contributed by atoms with Crippen molar-refractivity contribution in [3.8, 4) is 0 Å². The Hall–Kier alpha value is -3.79. The minimum Gasteiger partial charge on any atom is -0.463 e. The van der Waals surface area contributed by atoms with Gasteiger partial charge in [0.1, 0.15) is 25.4 Å². The Bertz CT molecular complexity index is 2380. The molecule has 0 aromatic rings. The van der Waals surface area contributed by atoms with Crippen molar-refractivity contribution >= 4 is 33.6 Å². The highest BCUT2D eigenvalue weighted by atomic mass is 31.2. The van der Waals surface area contributed by atoms with Crippen molar-refractivity contribution in [3.05, 3.63) is 109 Å². The first-order chi connectivity index (χ1) is 52.2. The second-order valence-electron chi connectivity index (χ2n) is 29.0. The lowest BCUT2D eigenvalue weighted by Crippen LogP contribution is -2.30. The lowest BCUT2D eigenvalue weighted by atomic mass is 10.0. The fourth-order valence-corrected chi connectivity index (χ4v) is 13.5. The van der Waals surface area contributed by atoms with Crippen LogP contribution in [0.15, 0.2) is 109 Å². The summed E-state index contributed by atoms with van der Waals surface area (Å²) in [5.41, 5.74) is 0. The molecule has 18 heteroatoms. The second kappa shape index (κ2) is 81.7. The first-order valence-electron chi connectivity index (χ1n) is 43.2. The van der Waals surface area contributed by atoms with E-state index >= 15 is 0 Å². The fraction of sp³-hybridized carbons (Fsp3) is 0.764. The summed E-state index contributed by atoms with van der Waals surface area (Å²) in [7, 11) is -9.79. The van der Waals surface area contributed by atoms with Crippen LogP contribution in [0.5, 0.6) is 0 Å². The monoisotopic (exact) mass is 1550 g/mol. The highest BCUT2D eigenvalue weighted by Gasteiger charge is 2.29. The molecule has 16 nitrogen and oxygen atoms in total. The van der Waals surface area contributed by atoms with Crippen molar-refractivity contribution in [2.45, 2.75) is 399 Å². The molecule has 0 amide bonds. The number of unbranched alkanes of at least 4 members (excludes halogenated alkanes) is 41. The van der Waals surface area contributed by atoms with Crippen LogP contribution in [0, 0.1) is 0 Å². The molecule has 0 spiro atoms. The molecule has 0 aliphatic carbocycles. The van der Waals surface area contributed by atoms with Gasteiger partial charge < -0.3 is 34.2 Å². The molecule has 4 N–H and O–H groups in total. The standard InChI is InChI=1S/C89H158O16P2/c1-4-7-10-13-16-19-22-25-27-29-31-33-35-36-37-38-39-40-41-42-43-44-45-46-48-50-51-53-55-58-60-63-66-69-72-75-87(92)99-78-84(90)79-101-106(95,96)102-80-85(91)81-103-107(97,98)104-83-86(105-89(94)77-74-71-68-65-62-57-24-21-18-15-12-9-6-3)82-100-88(93)76-73-70-67-64-61-59-56-54-52-49-47-34-32-30-28-26-23-20-17-14-11-8-5-2/h7,10,16-17,19-20,25-28,31-34,36-37,49,52,84-86,90-91H,4-6,8-9,11-15,18,21-24,29-30,35,38-48,50-51,53-83H2,1-3H3,(H,95,96)(H,97,98)/b10-7-,19-16-,20-17-,27-25-,28-26-,33-31-,34-32-,37-36-,52-49-. The number of aliphatic hydroxyl groups excluding tert-OH is 2. The molecule has 0 aromatic carbocycles. The minimum absolute atomic E-state index is 0.106. The number of hydrogen-bond donors (Lipinski definition) is 4. The molecule has 0 aliphatic rings. The number of carbonyl (C=O) groups is 3. The van der Waals surface area contributed by atoms with E-state index in [1.165, 1.54) is 180 Å². The van der Waals surface area contributed by atoms with Crippen LogP contribution >= 0.6 is 15.6 Å². The zero-order chi connectivity index (χ0) is 78.0. The van der Waals surface area contributed by atoms with Crippen LogP contribution in [0.1, 0.15) is 380 Å². The molecule has 0 saturated heterocycles. The van der Waals surface area contributed by atoms with Crippen LogP contribution in [-0.4, -0.2) is 95.9 Å². The van der Waals surface area contributed by atoms with Gasteiger partial charge in [-0.15, -0.1) is 0 Å². The lowest BCUT2D eigenvalue weighted by molar-refractivity contribution is -0.161. The maximum Gasteiger partial charge on any atom is 0.472 e. The van der Waals surface area contributed by atoms with Gasteiger partial charge in [-0.2, -0.15) is 0 Å². The summed E-state index contributed by atoms with van der Waals surface area (Å²) in [6, 6.07) is 0. The predicted octanol–water partition coefficient (Wildman–Crippen LogP) is 25.9. The maximum atomic E-state index is 13.0. The van der Waals surface area contributed by atoms with Crippen LogP contribution in [-0.2, 0) is 55.8 Å². The fourth-order valence-electron chi connectivity index (χ4n) is 11.9. The summed E-state index contributed by atoms with van der Waals surface area (Å²) in [6.45, 7) is 2.58. The first kappa shape index (κ1) is 103. The van der Waals surface area contributed by atoms with Gasteiger partial charge in [-0.1, -0.05) is 361 Å². The largest absolute Gasteiger partial charge is 0.472 e. The number of ether oxygens (including phenoxy) is 3. The number of allylic oxidation sites excluding steroid dienone is 18. The Balaban J connectivity index is 4.37. The molecule has 0 fully saturated rings. The molecule has 0 rings (SSSR count). The third-order valence-electron chi connectivity index (χ3n) is 18.5. The number of aliphatic hydroxyl groups is 2. The minimum atomic E-state index is -4.93. The Morgan fingerprint density at radius 2 is 0.495 bits per heavy atom. The zero-order valence-corrected chi connectivity index (χ0v) is 69.8. The van der Waals surface area contributed by atoms with E-state index in [0.29, 0.717) is 19.3 Å². The third kappa shape index (κ3) is 83.0. The van der Waals surface area contributed by atoms with Gasteiger partial charge in [0.2, 0.25) is 0 Å². The molecular weight excluding hydrogens is 1390 g/mol. The van der Waals surface area contributed by atoms with E-state index in [1.54, 1.807) is 0 Å². The van der Waals surface area contributed by atoms with Gasteiger partial charge in [0.15, 0.2) is 6.10 Å². The third-order valence-corrected chi connectivity index (χ3v) is 20.4. The summed E-state index contributed by atoms with van der Waals surface area (Å²) in [6.07, 6.45) is 97.3. The summed E-state index contributed by atoms with van der Waals surface area (Å²) >= 11 is 0. The van der Waals surface area contributed by atoms with Crippen LogP contribution in [0.2, 0.25) is 0 Å². The van der Waals surface area contributed by atoms with E-state index in [-0.39, 0.29) is 19.3 Å². The topological polar surface area (TPSA) is 231 Å². The maximum absolute atomic E-state index is 13.0. The van der Waals surface area contributed by atoms with Crippen molar-refractivity contribution in [1.29, 1.82) is 0 Å². The van der Waals surface area contributed by atoms with E-state index in [1.807, 2.05) is 0 Å². The quantitative estimate of drug-likeness (QED) is 0.0146. The van der Waals surface area contributed by atoms with Crippen LogP contribution < -0.4 is 0 Å². The van der Waals surface area contributed by atoms with Gasteiger partial charge in [-0.05, 0) is 109 Å². The zero-order valence-electron chi connectivity index (χ0n) is 68.0. The molecular formula is C89H158O16P2. The molecule has 0 heterocycles. The smallest absolute Gasteiger partial charge is 0.463 e. The highest BCUT2D eigenvalue weighted by molar-refractivity contribution is 7.47. The van der Waals surface area contributed by atoms with Gasteiger partial charge >= 0.3 is 33.6 Å². The summed E-state index contributed by atoms with van der Waals surface area (Å²) < 4.78 is 61.2. The summed E-state index contributed by atoms with van der Waals surface area (Å²) in [4.78, 5) is 58.7. The molecule has 620 valence electrons. The van der Waals surface area contributed by atoms with Crippen LogP contribution in [0.4, 0.5) is 0 Å². The van der Waals surface area contributed by atoms with Crippen molar-refractivity contribution in [1.82, 2.24) is 0 Å². The van der Waals surface area contributed by atoms with E-state index in [9.17, 15) is 43.5 Å². The summed E-state index contributed by atoms with van der Waals surface area (Å²) in [5, 5.41) is 20.7. The van der Waals surface area contributed by atoms with Crippen molar-refractivity contribution in [2.24, 2.45) is 0 Å². The first-order valence-corrected chi connectivity index (χ1v) is 46.2. The molecule has 0 bridgehead atoms. The van der Waals surface area contributed by atoms with E-state index in [0.717, 1.165) is 141 Å². The average molecular weight is 1550 g/mol. The van der Waals surface area contributed by atoms with Gasteiger partial charge in [0, 0.05) is 19.3 Å². The Kier molecular flexibility index (Phi) is 78.8. The lowest BCUT2D eigenvalue weighted by Gasteiger charge is -2.21. The molecule has 0 aliphatic heterocycles. The number of rotatable bonds is 82. The predicted molar refractivity (Wildman–Crippen MR) is 445 cm³/mol. The van der Waals surface area contributed by atoms with Gasteiger partial charge in [-0.25, -0.2) is 9.13 Å². The summed E-state index contributed by atoms with van der Waals surface area (Å²) in [5.74, 6) is -1.57. The van der Waals surface area contributed by atoms with E-state index in [4.69, 9.17) is 32.3 Å². The van der Waals surface area contributed by atoms with E-state index in [2.05, 4.69) is 130 Å². The average Bonchev–Trinajstić information content (AvgIpc) is 0.909. The molecule has 5 unspecified atom stereocenters. The Morgan fingerprint density at radius 1 is 0.271 bits per heavy atom. The highest BCUT2D eigenvalue weighted by Crippen LogP contribution is 2.45. The number of phosphoric acid groups is 2. The second-order valence-corrected chi connectivity index (χ2v) is 31.9. The number of carbonyl (C=O) groups excluding carboxylic acids is 3. The van der Waals surface area contributed by atoms with E-state index < -0.39 is 91.5 Å². The molecule has 0 radical (unpaired) electrons. The van der Waals surface area contributed by atoms with Gasteiger partial charge in [-0.3, -0.25) is 32.5 Å². The Labute approximate surface area is 653 Å². The molecule has 0 aromatic heterocycles. The number of phosphoric ester groups is 2. The van der Waals surface area contributed by atoms with Crippen LogP contribution in [0.3, 0.4) is 0 Å². The van der Waals surface area contributed by atoms with Gasteiger partial charge in [0.25, 0.3) is 0 Å². The van der Waals surface area contributed by atoms with Crippen molar-refractivity contribution in [3.63, 3.8) is 0 Å².